The number of halogens is 2. The molecule has 6 heteroatoms. The third kappa shape index (κ3) is 3.39. The highest BCUT2D eigenvalue weighted by molar-refractivity contribution is 8.37. The molecule has 2 aromatic rings. The number of benzene rings is 2. The lowest BCUT2D eigenvalue weighted by molar-refractivity contribution is 0.414. The van der Waals surface area contributed by atoms with Gasteiger partial charge in [0.05, 0.1) is 14.2 Å². The molecule has 0 aliphatic heterocycles. The van der Waals surface area contributed by atoms with E-state index in [0.717, 1.165) is 22.6 Å². The first kappa shape index (κ1) is 16.7. The lowest BCUT2D eigenvalue weighted by atomic mass is 10.0. The molecule has 0 amide bonds. The van der Waals surface area contributed by atoms with Crippen LogP contribution in [0.25, 0.3) is 0 Å². The van der Waals surface area contributed by atoms with Gasteiger partial charge in [0.15, 0.2) is 0 Å². The van der Waals surface area contributed by atoms with Gasteiger partial charge >= 0.3 is 0 Å². The topological polar surface area (TPSA) is 18.5 Å². The summed E-state index contributed by atoms with van der Waals surface area (Å²) in [5, 5.41) is 0. The lowest BCUT2D eigenvalue weighted by Gasteiger charge is -2.28. The molecule has 0 spiro atoms. The summed E-state index contributed by atoms with van der Waals surface area (Å²) in [4.78, 5) is 0. The molecule has 0 aliphatic rings. The van der Waals surface area contributed by atoms with Crippen LogP contribution in [0.15, 0.2) is 48.5 Å². The van der Waals surface area contributed by atoms with Crippen molar-refractivity contribution in [3.63, 3.8) is 0 Å². The van der Waals surface area contributed by atoms with Crippen molar-refractivity contribution in [3.8, 4) is 11.5 Å². The second kappa shape index (κ2) is 7.54. The standard InChI is InChI=1S/C15H14Cl2O2S2/c1-18-13-7-3-11(4-8-13)15(20-16,21-17)12-5-9-14(19-2)10-6-12/h3-10H,1-2H3. The highest BCUT2D eigenvalue weighted by Gasteiger charge is 2.35. The molecule has 2 aromatic carbocycles. The van der Waals surface area contributed by atoms with E-state index in [4.69, 9.17) is 30.8 Å². The van der Waals surface area contributed by atoms with Crippen LogP contribution in [0.2, 0.25) is 0 Å². The lowest BCUT2D eigenvalue weighted by Crippen LogP contribution is -2.16. The molecule has 2 nitrogen and oxygen atoms in total. The number of hydrogen-bond acceptors (Lipinski definition) is 4. The first-order chi connectivity index (χ1) is 10.2. The minimum Gasteiger partial charge on any atom is -0.497 e. The fourth-order valence-corrected chi connectivity index (χ4v) is 4.90. The summed E-state index contributed by atoms with van der Waals surface area (Å²) >= 11 is 0. The summed E-state index contributed by atoms with van der Waals surface area (Å²) in [6.07, 6.45) is 0. The molecule has 0 aliphatic carbocycles. The molecule has 0 bridgehead atoms. The molecule has 112 valence electrons. The quantitative estimate of drug-likeness (QED) is 0.616. The van der Waals surface area contributed by atoms with Crippen LogP contribution in [0.5, 0.6) is 11.5 Å². The Morgan fingerprint density at radius 2 is 1.05 bits per heavy atom. The van der Waals surface area contributed by atoms with E-state index in [0.29, 0.717) is 0 Å². The maximum Gasteiger partial charge on any atom is 0.141 e. The van der Waals surface area contributed by atoms with E-state index < -0.39 is 4.08 Å². The second-order valence-electron chi connectivity index (χ2n) is 4.23. The van der Waals surface area contributed by atoms with Crippen molar-refractivity contribution in [1.82, 2.24) is 0 Å². The van der Waals surface area contributed by atoms with Crippen molar-refractivity contribution < 1.29 is 9.47 Å². The zero-order valence-electron chi connectivity index (χ0n) is 11.5. The minimum atomic E-state index is -0.596. The molecule has 0 heterocycles. The van der Waals surface area contributed by atoms with Crippen LogP contribution in [0, 0.1) is 0 Å². The van der Waals surface area contributed by atoms with Gasteiger partial charge in [-0.1, -0.05) is 24.3 Å². The summed E-state index contributed by atoms with van der Waals surface area (Å²) < 4.78 is 9.78. The maximum atomic E-state index is 6.19. The van der Waals surface area contributed by atoms with Gasteiger partial charge in [0.25, 0.3) is 0 Å². The predicted molar refractivity (Wildman–Crippen MR) is 93.7 cm³/mol. The normalized spacial score (nSPS) is 11.2. The number of methoxy groups -OCH3 is 2. The zero-order chi connectivity index (χ0) is 15.3. The minimum absolute atomic E-state index is 0.596. The molecule has 0 fully saturated rings. The van der Waals surface area contributed by atoms with E-state index in [1.165, 1.54) is 22.0 Å². The Kier molecular flexibility index (Phi) is 5.99. The van der Waals surface area contributed by atoms with Crippen molar-refractivity contribution in [2.24, 2.45) is 0 Å². The van der Waals surface area contributed by atoms with Crippen molar-refractivity contribution >= 4 is 43.3 Å². The SMILES string of the molecule is COc1ccc(C(SCl)(SCl)c2ccc(OC)cc2)cc1. The average Bonchev–Trinajstić information content (AvgIpc) is 2.57. The fraction of sp³-hybridized carbons (Fsp3) is 0.200. The van der Waals surface area contributed by atoms with Gasteiger partial charge in [-0.05, 0) is 78.7 Å². The molecule has 21 heavy (non-hydrogen) atoms. The third-order valence-corrected chi connectivity index (χ3v) is 6.97. The van der Waals surface area contributed by atoms with Crippen LogP contribution in [-0.2, 0) is 4.08 Å². The van der Waals surface area contributed by atoms with Gasteiger partial charge in [0.2, 0.25) is 0 Å². The average molecular weight is 361 g/mol. The predicted octanol–water partition coefficient (Wildman–Crippen LogP) is 5.68. The highest BCUT2D eigenvalue weighted by atomic mass is 35.7. The smallest absolute Gasteiger partial charge is 0.141 e. The van der Waals surface area contributed by atoms with Gasteiger partial charge in [0.1, 0.15) is 15.6 Å². The van der Waals surface area contributed by atoms with Crippen molar-refractivity contribution in [1.29, 1.82) is 0 Å². The number of ether oxygens (including phenoxy) is 2. The van der Waals surface area contributed by atoms with E-state index in [9.17, 15) is 0 Å². The Morgan fingerprint density at radius 3 is 1.29 bits per heavy atom. The van der Waals surface area contributed by atoms with Gasteiger partial charge in [-0.2, -0.15) is 0 Å². The van der Waals surface area contributed by atoms with Gasteiger partial charge in [-0.3, -0.25) is 0 Å². The van der Waals surface area contributed by atoms with E-state index >= 15 is 0 Å². The van der Waals surface area contributed by atoms with Crippen molar-refractivity contribution in [2.45, 2.75) is 4.08 Å². The molecular weight excluding hydrogens is 347 g/mol. The number of hydrogen-bond donors (Lipinski definition) is 0. The fourth-order valence-electron chi connectivity index (χ4n) is 1.98. The van der Waals surface area contributed by atoms with Crippen LogP contribution in [-0.4, -0.2) is 14.2 Å². The second-order valence-corrected chi connectivity index (χ2v) is 6.95. The largest absolute Gasteiger partial charge is 0.497 e. The van der Waals surface area contributed by atoms with Gasteiger partial charge in [-0.25, -0.2) is 0 Å². The Bertz CT molecular complexity index is 520. The molecule has 0 N–H and O–H groups in total. The maximum absolute atomic E-state index is 6.19. The Labute approximate surface area is 142 Å². The molecule has 0 radical (unpaired) electrons. The van der Waals surface area contributed by atoms with E-state index in [-0.39, 0.29) is 0 Å². The van der Waals surface area contributed by atoms with Gasteiger partial charge in [0, 0.05) is 0 Å². The van der Waals surface area contributed by atoms with Crippen LogP contribution < -0.4 is 9.47 Å². The van der Waals surface area contributed by atoms with Gasteiger partial charge in [-0.15, -0.1) is 0 Å². The van der Waals surface area contributed by atoms with E-state index in [1.807, 2.05) is 48.5 Å². The van der Waals surface area contributed by atoms with Crippen LogP contribution in [0.4, 0.5) is 0 Å². The van der Waals surface area contributed by atoms with Crippen molar-refractivity contribution in [3.05, 3.63) is 59.7 Å². The molecule has 0 aromatic heterocycles. The van der Waals surface area contributed by atoms with Crippen LogP contribution in [0.3, 0.4) is 0 Å². The first-order valence-corrected chi connectivity index (χ1v) is 9.37. The molecule has 0 saturated carbocycles. The zero-order valence-corrected chi connectivity index (χ0v) is 14.7. The molecule has 0 saturated heterocycles. The number of rotatable bonds is 6. The van der Waals surface area contributed by atoms with Crippen LogP contribution >= 0.6 is 43.3 Å². The highest BCUT2D eigenvalue weighted by Crippen LogP contribution is 2.55. The summed E-state index contributed by atoms with van der Waals surface area (Å²) in [5.74, 6) is 1.59. The Morgan fingerprint density at radius 1 is 0.714 bits per heavy atom. The summed E-state index contributed by atoms with van der Waals surface area (Å²) in [6, 6.07) is 15.5. The van der Waals surface area contributed by atoms with Gasteiger partial charge < -0.3 is 9.47 Å². The molecular formula is C15H14Cl2O2S2. The summed E-state index contributed by atoms with van der Waals surface area (Å²) in [5.41, 5.74) is 1.99. The first-order valence-electron chi connectivity index (χ1n) is 6.08. The monoisotopic (exact) mass is 360 g/mol. The van der Waals surface area contributed by atoms with E-state index in [1.54, 1.807) is 14.2 Å². The molecule has 2 rings (SSSR count). The summed E-state index contributed by atoms with van der Waals surface area (Å²) in [7, 11) is 18.0. The Balaban J connectivity index is 2.46. The molecule has 0 unspecified atom stereocenters. The van der Waals surface area contributed by atoms with E-state index in [2.05, 4.69) is 0 Å². The summed E-state index contributed by atoms with van der Waals surface area (Å²) in [6.45, 7) is 0. The Hall–Kier alpha value is -0.680. The van der Waals surface area contributed by atoms with Crippen molar-refractivity contribution in [2.75, 3.05) is 14.2 Å². The van der Waals surface area contributed by atoms with Crippen LogP contribution in [0.1, 0.15) is 11.1 Å². The molecule has 0 atom stereocenters. The third-order valence-electron chi connectivity index (χ3n) is 3.16.